The summed E-state index contributed by atoms with van der Waals surface area (Å²) in [7, 11) is 0. The van der Waals surface area contributed by atoms with Gasteiger partial charge in [-0.3, -0.25) is 9.59 Å². The minimum absolute atomic E-state index is 0.0262. The molecule has 2 aromatic rings. The van der Waals surface area contributed by atoms with Crippen molar-refractivity contribution in [1.82, 2.24) is 5.32 Å². The fraction of sp³-hybridized carbons (Fsp3) is 0.673. The lowest BCUT2D eigenvalue weighted by Crippen LogP contribution is -2.25. The molecule has 0 fully saturated rings. The van der Waals surface area contributed by atoms with E-state index in [1.54, 1.807) is 0 Å². The van der Waals surface area contributed by atoms with Crippen LogP contribution in [0.4, 0.5) is 0 Å². The number of nitrogens with one attached hydrogen (secondary N) is 1. The molecule has 4 rings (SSSR count). The van der Waals surface area contributed by atoms with E-state index in [1.807, 2.05) is 48.5 Å². The molecule has 60 heavy (non-hydrogen) atoms. The monoisotopic (exact) mass is 824 g/mol. The van der Waals surface area contributed by atoms with Crippen LogP contribution in [0, 0.1) is 57.2 Å². The molecule has 0 radical (unpaired) electrons. The lowest BCUT2D eigenvalue weighted by atomic mass is 9.76. The molecule has 6 unspecified atom stereocenters. The Bertz CT molecular complexity index is 1650. The van der Waals surface area contributed by atoms with Crippen molar-refractivity contribution in [2.24, 2.45) is 57.2 Å². The second-order valence-corrected chi connectivity index (χ2v) is 24.2. The van der Waals surface area contributed by atoms with Crippen molar-refractivity contribution < 1.29 is 19.1 Å². The summed E-state index contributed by atoms with van der Waals surface area (Å²) < 4.78 is 13.0. The summed E-state index contributed by atoms with van der Waals surface area (Å²) in [6.07, 6.45) is 9.69. The van der Waals surface area contributed by atoms with Crippen molar-refractivity contribution in [2.75, 3.05) is 13.2 Å². The van der Waals surface area contributed by atoms with Gasteiger partial charge in [0.25, 0.3) is 5.91 Å². The number of carbonyl (C=O) groups excluding carboxylic acids is 2. The lowest BCUT2D eigenvalue weighted by molar-refractivity contribution is -0.116. The molecule has 2 aromatic carbocycles. The topological polar surface area (TPSA) is 64.6 Å². The van der Waals surface area contributed by atoms with Gasteiger partial charge in [0.1, 0.15) is 11.5 Å². The van der Waals surface area contributed by atoms with E-state index in [2.05, 4.69) is 116 Å². The number of ketones is 1. The van der Waals surface area contributed by atoms with Crippen molar-refractivity contribution >= 4 is 23.0 Å². The van der Waals surface area contributed by atoms with E-state index in [4.69, 9.17) is 9.47 Å². The van der Waals surface area contributed by atoms with Gasteiger partial charge in [0.2, 0.25) is 0 Å². The zero-order valence-electron chi connectivity index (χ0n) is 41.0. The SMILES string of the molecule is CC(CCC(COc1ccc(C2=C3C(=O)NC(c4ccc(OCC(CCC(C)CC(C)(C)C)C(C)CC(C)(C)C)cc4)=C3C(=O)C2)cc1)C(C)CC(C)(C)C)CC(C)(C)C. The first-order valence-electron chi connectivity index (χ1n) is 23.5. The maximum Gasteiger partial charge on any atom is 0.256 e. The third-order valence-electron chi connectivity index (χ3n) is 12.6. The highest BCUT2D eigenvalue weighted by Gasteiger charge is 2.40. The minimum Gasteiger partial charge on any atom is -0.493 e. The maximum atomic E-state index is 13.6. The molecule has 0 saturated carbocycles. The van der Waals surface area contributed by atoms with Crippen LogP contribution in [0.25, 0.3) is 11.3 Å². The average Bonchev–Trinajstić information content (AvgIpc) is 3.62. The summed E-state index contributed by atoms with van der Waals surface area (Å²) >= 11 is 0. The van der Waals surface area contributed by atoms with Gasteiger partial charge in [0.05, 0.1) is 30.1 Å². The predicted molar refractivity (Wildman–Crippen MR) is 254 cm³/mol. The van der Waals surface area contributed by atoms with Crippen LogP contribution in [-0.2, 0) is 9.59 Å². The van der Waals surface area contributed by atoms with Gasteiger partial charge in [-0.05, 0) is 149 Å². The van der Waals surface area contributed by atoms with E-state index in [9.17, 15) is 9.59 Å². The van der Waals surface area contributed by atoms with Crippen molar-refractivity contribution in [1.29, 1.82) is 0 Å². The highest BCUT2D eigenvalue weighted by Crippen LogP contribution is 2.43. The molecule has 1 heterocycles. The Kier molecular flexibility index (Phi) is 16.6. The molecule has 1 N–H and O–H groups in total. The Morgan fingerprint density at radius 3 is 1.28 bits per heavy atom. The van der Waals surface area contributed by atoms with E-state index in [0.717, 1.165) is 53.9 Å². The first kappa shape index (κ1) is 49.3. The van der Waals surface area contributed by atoms with Crippen molar-refractivity contribution in [3.63, 3.8) is 0 Å². The van der Waals surface area contributed by atoms with Crippen LogP contribution in [-0.4, -0.2) is 24.9 Å². The van der Waals surface area contributed by atoms with Crippen LogP contribution >= 0.6 is 0 Å². The molecule has 1 amide bonds. The molecule has 1 aliphatic carbocycles. The molecule has 1 aliphatic heterocycles. The fourth-order valence-electron chi connectivity index (χ4n) is 10.3. The number of allylic oxidation sites excluding steroid dienone is 1. The largest absolute Gasteiger partial charge is 0.493 e. The standard InChI is InChI=1S/C55H85NO4/c1-36(30-52(5,6)7)17-19-42(38(3)32-54(11,12)13)34-59-44-25-21-40(22-26-44)46-29-47(57)49-48(46)51(58)56-50(49)41-23-27-45(28-24-41)60-35-43(39(4)33-55(14,15)16)20-18-37(2)31-53(8,9)10/h21-28,36-39,42-43H,17-20,29-35H2,1-16H3,(H,56,58). The maximum absolute atomic E-state index is 13.6. The highest BCUT2D eigenvalue weighted by atomic mass is 16.5. The Morgan fingerprint density at radius 1 is 0.517 bits per heavy atom. The molecule has 2 aliphatic rings. The number of amides is 1. The molecule has 0 bridgehead atoms. The normalized spacial score (nSPS) is 18.3. The summed E-state index contributed by atoms with van der Waals surface area (Å²) in [5.74, 6) is 4.77. The number of carbonyl (C=O) groups is 2. The Morgan fingerprint density at radius 2 is 0.900 bits per heavy atom. The van der Waals surface area contributed by atoms with Crippen LogP contribution in [0.1, 0.15) is 180 Å². The number of ether oxygens (including phenoxy) is 2. The van der Waals surface area contributed by atoms with Crippen LogP contribution < -0.4 is 14.8 Å². The number of rotatable bonds is 20. The first-order valence-corrected chi connectivity index (χ1v) is 23.5. The van der Waals surface area contributed by atoms with Gasteiger partial charge in [-0.1, -0.05) is 136 Å². The molecule has 0 spiro atoms. The molecule has 5 heteroatoms. The number of hydrogen-bond acceptors (Lipinski definition) is 4. The number of fused-ring (bicyclic) bond motifs is 1. The highest BCUT2D eigenvalue weighted by molar-refractivity contribution is 6.31. The smallest absolute Gasteiger partial charge is 0.256 e. The molecule has 334 valence electrons. The molecule has 0 aromatic heterocycles. The molecular formula is C55H85NO4. The van der Waals surface area contributed by atoms with E-state index in [-0.39, 0.29) is 28.9 Å². The molecular weight excluding hydrogens is 739 g/mol. The van der Waals surface area contributed by atoms with E-state index in [0.29, 0.717) is 76.4 Å². The summed E-state index contributed by atoms with van der Waals surface area (Å²) in [6.45, 7) is 38.9. The summed E-state index contributed by atoms with van der Waals surface area (Å²) in [5, 5.41) is 3.05. The van der Waals surface area contributed by atoms with Gasteiger partial charge in [0, 0.05) is 6.42 Å². The quantitative estimate of drug-likeness (QED) is 0.144. The van der Waals surface area contributed by atoms with Gasteiger partial charge in [0.15, 0.2) is 5.78 Å². The predicted octanol–water partition coefficient (Wildman–Crippen LogP) is 14.8. The van der Waals surface area contributed by atoms with Crippen molar-refractivity contribution in [2.45, 2.75) is 169 Å². The fourth-order valence-corrected chi connectivity index (χ4v) is 10.3. The number of benzene rings is 2. The zero-order chi connectivity index (χ0) is 44.8. The van der Waals surface area contributed by atoms with E-state index < -0.39 is 0 Å². The summed E-state index contributed by atoms with van der Waals surface area (Å²) in [5.41, 5.74) is 5.28. The third-order valence-corrected chi connectivity index (χ3v) is 12.6. The molecule has 5 nitrogen and oxygen atoms in total. The minimum atomic E-state index is -0.214. The third kappa shape index (κ3) is 15.5. The Balaban J connectivity index is 1.45. The second-order valence-electron chi connectivity index (χ2n) is 24.2. The first-order chi connectivity index (χ1) is 27.7. The van der Waals surface area contributed by atoms with Crippen molar-refractivity contribution in [3.05, 3.63) is 70.8 Å². The molecule has 0 saturated heterocycles. The number of hydrogen-bond donors (Lipinski definition) is 1. The number of Topliss-reactive ketones (excluding diaryl/α,β-unsaturated/α-hetero) is 1. The zero-order valence-corrected chi connectivity index (χ0v) is 41.0. The van der Waals surface area contributed by atoms with Crippen molar-refractivity contribution in [3.8, 4) is 11.5 Å². The van der Waals surface area contributed by atoms with Gasteiger partial charge < -0.3 is 14.8 Å². The van der Waals surface area contributed by atoms with Crippen LogP contribution in [0.15, 0.2) is 59.7 Å². The Hall–Kier alpha value is -3.34. The Labute approximate surface area is 367 Å². The van der Waals surface area contributed by atoms with Gasteiger partial charge in [-0.15, -0.1) is 0 Å². The summed E-state index contributed by atoms with van der Waals surface area (Å²) in [4.78, 5) is 27.2. The van der Waals surface area contributed by atoms with Crippen LogP contribution in [0.3, 0.4) is 0 Å². The molecule has 6 atom stereocenters. The van der Waals surface area contributed by atoms with Gasteiger partial charge in [-0.25, -0.2) is 0 Å². The van der Waals surface area contributed by atoms with E-state index in [1.165, 1.54) is 25.7 Å². The van der Waals surface area contributed by atoms with Crippen LogP contribution in [0.2, 0.25) is 0 Å². The second kappa shape index (κ2) is 20.2. The van der Waals surface area contributed by atoms with E-state index >= 15 is 0 Å². The van der Waals surface area contributed by atoms with Crippen LogP contribution in [0.5, 0.6) is 11.5 Å². The van der Waals surface area contributed by atoms with Gasteiger partial charge in [-0.2, -0.15) is 0 Å². The average molecular weight is 824 g/mol. The summed E-state index contributed by atoms with van der Waals surface area (Å²) in [6, 6.07) is 15.9. The van der Waals surface area contributed by atoms with Gasteiger partial charge >= 0.3 is 0 Å². The lowest BCUT2D eigenvalue weighted by Gasteiger charge is -2.31.